The van der Waals surface area contributed by atoms with E-state index in [1.807, 2.05) is 20.8 Å². The molecule has 0 radical (unpaired) electrons. The van der Waals surface area contributed by atoms with Crippen LogP contribution in [0.15, 0.2) is 0 Å². The molecule has 2 rings (SSSR count). The van der Waals surface area contributed by atoms with Crippen LogP contribution in [-0.2, 0) is 14.3 Å². The fourth-order valence-electron chi connectivity index (χ4n) is 3.58. The standard InChI is InChI=1S/C16H30N2O3/c1-5-12-11(7-8-21-12)10-18-14(19)16(17)9-13(20-6-2)15(16,3)4/h11-13H,5-10,17H2,1-4H3,(H,18,19). The molecule has 1 aliphatic carbocycles. The number of nitrogens with two attached hydrogens (primary N) is 1. The van der Waals surface area contributed by atoms with Crippen molar-refractivity contribution < 1.29 is 14.3 Å². The van der Waals surface area contributed by atoms with Gasteiger partial charge in [-0.15, -0.1) is 0 Å². The zero-order valence-corrected chi connectivity index (χ0v) is 13.8. The minimum Gasteiger partial charge on any atom is -0.378 e. The van der Waals surface area contributed by atoms with Crippen molar-refractivity contribution in [3.05, 3.63) is 0 Å². The van der Waals surface area contributed by atoms with Crippen molar-refractivity contribution in [2.75, 3.05) is 19.8 Å². The molecule has 21 heavy (non-hydrogen) atoms. The van der Waals surface area contributed by atoms with Crippen molar-refractivity contribution in [3.8, 4) is 0 Å². The smallest absolute Gasteiger partial charge is 0.240 e. The number of nitrogens with one attached hydrogen (secondary N) is 1. The molecule has 3 N–H and O–H groups in total. The molecule has 0 aromatic rings. The van der Waals surface area contributed by atoms with Crippen LogP contribution in [0, 0.1) is 11.3 Å². The summed E-state index contributed by atoms with van der Waals surface area (Å²) < 4.78 is 11.3. The molecule has 2 aliphatic rings. The average Bonchev–Trinajstić information content (AvgIpc) is 2.91. The number of hydrogen-bond donors (Lipinski definition) is 2. The molecule has 0 aromatic carbocycles. The van der Waals surface area contributed by atoms with Crippen molar-refractivity contribution in [2.24, 2.45) is 17.1 Å². The Morgan fingerprint density at radius 3 is 2.71 bits per heavy atom. The Hall–Kier alpha value is -0.650. The van der Waals surface area contributed by atoms with E-state index in [-0.39, 0.29) is 23.5 Å². The highest BCUT2D eigenvalue weighted by atomic mass is 16.5. The highest BCUT2D eigenvalue weighted by Gasteiger charge is 2.62. The molecule has 1 saturated carbocycles. The second kappa shape index (κ2) is 6.23. The predicted molar refractivity (Wildman–Crippen MR) is 81.9 cm³/mol. The number of rotatable bonds is 6. The summed E-state index contributed by atoms with van der Waals surface area (Å²) >= 11 is 0. The maximum Gasteiger partial charge on any atom is 0.240 e. The number of carbonyl (C=O) groups is 1. The van der Waals surface area contributed by atoms with Gasteiger partial charge in [0.05, 0.1) is 12.2 Å². The SMILES string of the molecule is CCOC1CC(N)(C(=O)NCC2CCOC2CC)C1(C)C. The van der Waals surface area contributed by atoms with Crippen LogP contribution in [0.25, 0.3) is 0 Å². The third-order valence-corrected chi connectivity index (χ3v) is 5.51. The van der Waals surface area contributed by atoms with Crippen LogP contribution >= 0.6 is 0 Å². The minimum atomic E-state index is -0.825. The summed E-state index contributed by atoms with van der Waals surface area (Å²) in [6, 6.07) is 0. The van der Waals surface area contributed by atoms with Gasteiger partial charge in [0, 0.05) is 37.5 Å². The summed E-state index contributed by atoms with van der Waals surface area (Å²) in [6.07, 6.45) is 2.94. The Morgan fingerprint density at radius 2 is 2.14 bits per heavy atom. The van der Waals surface area contributed by atoms with Gasteiger partial charge in [0.1, 0.15) is 5.54 Å². The first-order valence-corrected chi connectivity index (χ1v) is 8.17. The fraction of sp³-hybridized carbons (Fsp3) is 0.938. The predicted octanol–water partition coefficient (Wildman–Crippen LogP) is 1.45. The number of amides is 1. The molecule has 1 aliphatic heterocycles. The molecule has 1 amide bonds. The van der Waals surface area contributed by atoms with Crippen molar-refractivity contribution in [1.29, 1.82) is 0 Å². The third kappa shape index (κ3) is 2.83. The maximum atomic E-state index is 12.5. The summed E-state index contributed by atoms with van der Waals surface area (Å²) in [5.41, 5.74) is 5.22. The van der Waals surface area contributed by atoms with E-state index in [1.54, 1.807) is 0 Å². The molecular formula is C16H30N2O3. The summed E-state index contributed by atoms with van der Waals surface area (Å²) in [4.78, 5) is 12.5. The van der Waals surface area contributed by atoms with E-state index in [2.05, 4.69) is 12.2 Å². The Balaban J connectivity index is 1.89. The molecule has 4 unspecified atom stereocenters. The summed E-state index contributed by atoms with van der Waals surface area (Å²) in [6.45, 7) is 10.2. The first-order chi connectivity index (χ1) is 9.86. The Bertz CT molecular complexity index is 386. The molecule has 0 aromatic heterocycles. The van der Waals surface area contributed by atoms with Crippen LogP contribution in [0.3, 0.4) is 0 Å². The van der Waals surface area contributed by atoms with E-state index in [0.29, 0.717) is 25.5 Å². The van der Waals surface area contributed by atoms with Gasteiger partial charge in [0.15, 0.2) is 0 Å². The molecule has 2 fully saturated rings. The van der Waals surface area contributed by atoms with E-state index in [0.717, 1.165) is 19.4 Å². The van der Waals surface area contributed by atoms with Gasteiger partial charge < -0.3 is 20.5 Å². The number of ether oxygens (including phenoxy) is 2. The van der Waals surface area contributed by atoms with E-state index in [4.69, 9.17) is 15.2 Å². The molecule has 4 atom stereocenters. The van der Waals surface area contributed by atoms with Crippen LogP contribution in [0.5, 0.6) is 0 Å². The molecule has 1 saturated heterocycles. The highest BCUT2D eigenvalue weighted by molar-refractivity contribution is 5.88. The molecule has 5 heteroatoms. The summed E-state index contributed by atoms with van der Waals surface area (Å²) in [5.74, 6) is 0.360. The first kappa shape index (κ1) is 16.7. The molecular weight excluding hydrogens is 268 g/mol. The molecule has 0 spiro atoms. The second-order valence-electron chi connectivity index (χ2n) is 6.92. The minimum absolute atomic E-state index is 0.0507. The van der Waals surface area contributed by atoms with Crippen molar-refractivity contribution in [3.63, 3.8) is 0 Å². The van der Waals surface area contributed by atoms with Gasteiger partial charge in [-0.2, -0.15) is 0 Å². The molecule has 122 valence electrons. The van der Waals surface area contributed by atoms with Gasteiger partial charge in [0.2, 0.25) is 5.91 Å². The monoisotopic (exact) mass is 298 g/mol. The average molecular weight is 298 g/mol. The summed E-state index contributed by atoms with van der Waals surface area (Å²) in [7, 11) is 0. The highest BCUT2D eigenvalue weighted by Crippen LogP contribution is 2.49. The Morgan fingerprint density at radius 1 is 1.43 bits per heavy atom. The van der Waals surface area contributed by atoms with Gasteiger partial charge in [-0.25, -0.2) is 0 Å². The topological polar surface area (TPSA) is 73.6 Å². The van der Waals surface area contributed by atoms with Crippen LogP contribution in [0.4, 0.5) is 0 Å². The lowest BCUT2D eigenvalue weighted by atomic mass is 9.54. The van der Waals surface area contributed by atoms with Gasteiger partial charge >= 0.3 is 0 Å². The Labute approximate surface area is 127 Å². The van der Waals surface area contributed by atoms with Crippen LogP contribution in [-0.4, -0.2) is 43.4 Å². The second-order valence-corrected chi connectivity index (χ2v) is 6.92. The van der Waals surface area contributed by atoms with Crippen molar-refractivity contribution >= 4 is 5.91 Å². The van der Waals surface area contributed by atoms with Crippen LogP contribution in [0.2, 0.25) is 0 Å². The van der Waals surface area contributed by atoms with E-state index < -0.39 is 5.54 Å². The van der Waals surface area contributed by atoms with Crippen molar-refractivity contribution in [1.82, 2.24) is 5.32 Å². The zero-order chi connectivity index (χ0) is 15.7. The number of carbonyl (C=O) groups excluding carboxylic acids is 1. The molecule has 5 nitrogen and oxygen atoms in total. The quantitative estimate of drug-likeness (QED) is 0.778. The van der Waals surface area contributed by atoms with Crippen LogP contribution in [0.1, 0.15) is 47.0 Å². The lowest BCUT2D eigenvalue weighted by molar-refractivity contribution is -0.170. The van der Waals surface area contributed by atoms with Gasteiger partial charge in [-0.1, -0.05) is 20.8 Å². The maximum absolute atomic E-state index is 12.5. The zero-order valence-electron chi connectivity index (χ0n) is 13.8. The summed E-state index contributed by atoms with van der Waals surface area (Å²) in [5, 5.41) is 3.05. The third-order valence-electron chi connectivity index (χ3n) is 5.51. The van der Waals surface area contributed by atoms with E-state index >= 15 is 0 Å². The molecule has 1 heterocycles. The van der Waals surface area contributed by atoms with Gasteiger partial charge in [-0.05, 0) is 19.8 Å². The van der Waals surface area contributed by atoms with E-state index in [9.17, 15) is 4.79 Å². The van der Waals surface area contributed by atoms with Gasteiger partial charge in [0.25, 0.3) is 0 Å². The lowest BCUT2D eigenvalue weighted by Gasteiger charge is -2.57. The largest absolute Gasteiger partial charge is 0.378 e. The van der Waals surface area contributed by atoms with Gasteiger partial charge in [-0.3, -0.25) is 4.79 Å². The number of hydrogen-bond acceptors (Lipinski definition) is 4. The van der Waals surface area contributed by atoms with E-state index in [1.165, 1.54) is 0 Å². The lowest BCUT2D eigenvalue weighted by Crippen LogP contribution is -2.76. The van der Waals surface area contributed by atoms with Crippen molar-refractivity contribution in [2.45, 2.75) is 64.7 Å². The normalized spacial score (nSPS) is 38.0. The Kier molecular flexibility index (Phi) is 4.96. The fourth-order valence-corrected chi connectivity index (χ4v) is 3.58. The van der Waals surface area contributed by atoms with Crippen LogP contribution < -0.4 is 11.1 Å². The first-order valence-electron chi connectivity index (χ1n) is 8.17. The molecule has 0 bridgehead atoms.